The monoisotopic (exact) mass is 262 g/mol. The zero-order valence-corrected chi connectivity index (χ0v) is 11.9. The molecule has 104 valence electrons. The number of hydrogen-bond donors (Lipinski definition) is 1. The fourth-order valence-electron chi connectivity index (χ4n) is 2.66. The summed E-state index contributed by atoms with van der Waals surface area (Å²) in [5.41, 5.74) is 2.87. The lowest BCUT2D eigenvalue weighted by Crippen LogP contribution is -2.45. The molecule has 1 aliphatic rings. The van der Waals surface area contributed by atoms with Crippen LogP contribution in [-0.2, 0) is 0 Å². The SMILES string of the molecule is C=C(C)C[C@@H](c1ccc(C)cc1F)N1CCNCC1. The van der Waals surface area contributed by atoms with Crippen LogP contribution >= 0.6 is 0 Å². The Hall–Kier alpha value is -1.19. The van der Waals surface area contributed by atoms with Crippen molar-refractivity contribution in [3.8, 4) is 0 Å². The molecule has 19 heavy (non-hydrogen) atoms. The van der Waals surface area contributed by atoms with Gasteiger partial charge in [-0.15, -0.1) is 6.58 Å². The Kier molecular flexibility index (Phi) is 4.72. The highest BCUT2D eigenvalue weighted by atomic mass is 19.1. The normalized spacial score (nSPS) is 18.3. The molecule has 1 atom stereocenters. The number of aryl methyl sites for hydroxylation is 1. The van der Waals surface area contributed by atoms with Crippen molar-refractivity contribution in [3.05, 3.63) is 47.3 Å². The maximum Gasteiger partial charge on any atom is 0.128 e. The summed E-state index contributed by atoms with van der Waals surface area (Å²) in [4.78, 5) is 2.36. The van der Waals surface area contributed by atoms with E-state index >= 15 is 0 Å². The van der Waals surface area contributed by atoms with Crippen LogP contribution < -0.4 is 5.32 Å². The average molecular weight is 262 g/mol. The summed E-state index contributed by atoms with van der Waals surface area (Å²) < 4.78 is 14.2. The number of rotatable bonds is 4. The third kappa shape index (κ3) is 3.64. The molecule has 0 spiro atoms. The van der Waals surface area contributed by atoms with Crippen molar-refractivity contribution in [3.63, 3.8) is 0 Å². The van der Waals surface area contributed by atoms with Crippen molar-refractivity contribution in [2.45, 2.75) is 26.3 Å². The summed E-state index contributed by atoms with van der Waals surface area (Å²) in [6.45, 7) is 11.8. The minimum Gasteiger partial charge on any atom is -0.314 e. The Morgan fingerprint density at radius 3 is 2.68 bits per heavy atom. The first-order valence-corrected chi connectivity index (χ1v) is 6.93. The van der Waals surface area contributed by atoms with E-state index in [2.05, 4.69) is 16.8 Å². The van der Waals surface area contributed by atoms with E-state index in [-0.39, 0.29) is 11.9 Å². The molecule has 0 unspecified atom stereocenters. The predicted molar refractivity (Wildman–Crippen MR) is 77.8 cm³/mol. The fraction of sp³-hybridized carbons (Fsp3) is 0.500. The molecule has 3 heteroatoms. The Morgan fingerprint density at radius 1 is 1.42 bits per heavy atom. The van der Waals surface area contributed by atoms with Crippen molar-refractivity contribution < 1.29 is 4.39 Å². The minimum atomic E-state index is -0.0928. The third-order valence-corrected chi connectivity index (χ3v) is 3.65. The van der Waals surface area contributed by atoms with Crippen LogP contribution in [0.3, 0.4) is 0 Å². The second-order valence-electron chi connectivity index (χ2n) is 5.49. The molecule has 1 heterocycles. The molecule has 0 amide bonds. The molecule has 1 saturated heterocycles. The second-order valence-corrected chi connectivity index (χ2v) is 5.49. The maximum atomic E-state index is 14.2. The predicted octanol–water partition coefficient (Wildman–Crippen LogP) is 3.05. The zero-order valence-electron chi connectivity index (χ0n) is 11.9. The first-order valence-electron chi connectivity index (χ1n) is 6.93. The molecule has 1 aliphatic heterocycles. The molecular weight excluding hydrogens is 239 g/mol. The van der Waals surface area contributed by atoms with Gasteiger partial charge in [0.15, 0.2) is 0 Å². The van der Waals surface area contributed by atoms with Gasteiger partial charge >= 0.3 is 0 Å². The summed E-state index contributed by atoms with van der Waals surface area (Å²) in [6, 6.07) is 5.66. The van der Waals surface area contributed by atoms with Gasteiger partial charge in [0.05, 0.1) is 0 Å². The minimum absolute atomic E-state index is 0.0928. The van der Waals surface area contributed by atoms with Crippen molar-refractivity contribution >= 4 is 0 Å². The van der Waals surface area contributed by atoms with Crippen LogP contribution in [0.5, 0.6) is 0 Å². The zero-order chi connectivity index (χ0) is 13.8. The van der Waals surface area contributed by atoms with Crippen LogP contribution in [0, 0.1) is 12.7 Å². The van der Waals surface area contributed by atoms with Gasteiger partial charge in [0.25, 0.3) is 0 Å². The quantitative estimate of drug-likeness (QED) is 0.839. The maximum absolute atomic E-state index is 14.2. The standard InChI is InChI=1S/C16H23FN2/c1-12(2)10-16(19-8-6-18-7-9-19)14-5-4-13(3)11-15(14)17/h4-5,11,16,18H,1,6-10H2,2-3H3/t16-/m0/s1. The van der Waals surface area contributed by atoms with Gasteiger partial charge in [0.2, 0.25) is 0 Å². The van der Waals surface area contributed by atoms with Crippen LogP contribution in [-0.4, -0.2) is 31.1 Å². The lowest BCUT2D eigenvalue weighted by Gasteiger charge is -2.35. The van der Waals surface area contributed by atoms with E-state index in [1.54, 1.807) is 6.07 Å². The van der Waals surface area contributed by atoms with Gasteiger partial charge in [-0.2, -0.15) is 0 Å². The highest BCUT2D eigenvalue weighted by molar-refractivity contribution is 5.27. The number of piperazine rings is 1. The molecule has 0 aromatic heterocycles. The third-order valence-electron chi connectivity index (χ3n) is 3.65. The molecule has 1 fully saturated rings. The molecule has 1 aromatic rings. The summed E-state index contributed by atoms with van der Waals surface area (Å²) >= 11 is 0. The molecule has 0 bridgehead atoms. The lowest BCUT2D eigenvalue weighted by atomic mass is 9.96. The molecule has 1 N–H and O–H groups in total. The van der Waals surface area contributed by atoms with Crippen LogP contribution in [0.1, 0.15) is 30.5 Å². The topological polar surface area (TPSA) is 15.3 Å². The van der Waals surface area contributed by atoms with Crippen LogP contribution in [0.2, 0.25) is 0 Å². The first kappa shape index (κ1) is 14.2. The Morgan fingerprint density at radius 2 is 2.11 bits per heavy atom. The van der Waals surface area contributed by atoms with Crippen LogP contribution in [0.4, 0.5) is 4.39 Å². The highest BCUT2D eigenvalue weighted by Gasteiger charge is 2.24. The van der Waals surface area contributed by atoms with Crippen molar-refractivity contribution in [2.24, 2.45) is 0 Å². The Bertz CT molecular complexity index is 450. The molecule has 1 aromatic carbocycles. The van der Waals surface area contributed by atoms with E-state index < -0.39 is 0 Å². The number of nitrogens with one attached hydrogen (secondary N) is 1. The smallest absolute Gasteiger partial charge is 0.128 e. The largest absolute Gasteiger partial charge is 0.314 e. The number of hydrogen-bond acceptors (Lipinski definition) is 2. The first-order chi connectivity index (χ1) is 9.08. The lowest BCUT2D eigenvalue weighted by molar-refractivity contribution is 0.169. The van der Waals surface area contributed by atoms with Gasteiger partial charge in [-0.25, -0.2) is 4.39 Å². The Labute approximate surface area is 115 Å². The molecule has 0 aliphatic carbocycles. The number of nitrogens with zero attached hydrogens (tertiary/aromatic N) is 1. The van der Waals surface area contributed by atoms with Gasteiger partial charge < -0.3 is 5.32 Å². The number of benzene rings is 1. The van der Waals surface area contributed by atoms with Gasteiger partial charge in [-0.05, 0) is 31.9 Å². The van der Waals surface area contributed by atoms with Crippen molar-refractivity contribution in [1.29, 1.82) is 0 Å². The van der Waals surface area contributed by atoms with E-state index in [1.165, 1.54) is 0 Å². The summed E-state index contributed by atoms with van der Waals surface area (Å²) in [5, 5.41) is 3.34. The van der Waals surface area contributed by atoms with Crippen LogP contribution in [0.25, 0.3) is 0 Å². The fourth-order valence-corrected chi connectivity index (χ4v) is 2.66. The summed E-state index contributed by atoms with van der Waals surface area (Å²) in [6.07, 6.45) is 0.819. The van der Waals surface area contributed by atoms with E-state index in [0.29, 0.717) is 0 Å². The summed E-state index contributed by atoms with van der Waals surface area (Å²) in [5.74, 6) is -0.0928. The molecule has 2 nitrogen and oxygen atoms in total. The Balaban J connectivity index is 2.27. The van der Waals surface area contributed by atoms with E-state index in [1.807, 2.05) is 26.0 Å². The van der Waals surface area contributed by atoms with Crippen LogP contribution in [0.15, 0.2) is 30.4 Å². The van der Waals surface area contributed by atoms with E-state index in [9.17, 15) is 4.39 Å². The van der Waals surface area contributed by atoms with E-state index in [4.69, 9.17) is 0 Å². The highest BCUT2D eigenvalue weighted by Crippen LogP contribution is 2.29. The van der Waals surface area contributed by atoms with Crippen molar-refractivity contribution in [1.82, 2.24) is 10.2 Å². The van der Waals surface area contributed by atoms with Crippen molar-refractivity contribution in [2.75, 3.05) is 26.2 Å². The van der Waals surface area contributed by atoms with Gasteiger partial charge in [0.1, 0.15) is 5.82 Å². The van der Waals surface area contributed by atoms with E-state index in [0.717, 1.165) is 49.3 Å². The summed E-state index contributed by atoms with van der Waals surface area (Å²) in [7, 11) is 0. The average Bonchev–Trinajstić information content (AvgIpc) is 2.37. The van der Waals surface area contributed by atoms with Gasteiger partial charge in [0, 0.05) is 37.8 Å². The second kappa shape index (κ2) is 6.31. The molecule has 0 radical (unpaired) electrons. The molecule has 2 rings (SSSR count). The molecular formula is C16H23FN2. The van der Waals surface area contributed by atoms with Gasteiger partial charge in [-0.1, -0.05) is 17.7 Å². The molecule has 0 saturated carbocycles. The number of halogens is 1. The van der Waals surface area contributed by atoms with Gasteiger partial charge in [-0.3, -0.25) is 4.90 Å².